The maximum absolute atomic E-state index is 2.39. The van der Waals surface area contributed by atoms with Crippen LogP contribution in [-0.2, 0) is 0 Å². The number of nitrogens with zero attached hydrogens (tertiary/aromatic N) is 2. The van der Waals surface area contributed by atoms with Crippen LogP contribution >= 0.6 is 63.2 Å². The van der Waals surface area contributed by atoms with Crippen LogP contribution in [0.5, 0.6) is 0 Å². The van der Waals surface area contributed by atoms with E-state index in [0.717, 1.165) is 26.2 Å². The summed E-state index contributed by atoms with van der Waals surface area (Å²) in [5.41, 5.74) is 0. The molecule has 0 spiro atoms. The van der Waals surface area contributed by atoms with Gasteiger partial charge in [-0.3, -0.25) is 0 Å². The first kappa shape index (κ1) is 24.0. The summed E-state index contributed by atoms with van der Waals surface area (Å²) in [4.78, 5) is 0. The van der Waals surface area contributed by atoms with Crippen LogP contribution in [0.2, 0.25) is 0 Å². The van der Waals surface area contributed by atoms with Gasteiger partial charge in [-0.15, -0.1) is 0 Å². The van der Waals surface area contributed by atoms with Crippen LogP contribution in [-0.4, -0.2) is 46.3 Å². The normalized spacial score (nSPS) is 11.7. The Balaban J connectivity index is 3.14. The molecule has 134 valence electrons. The molecule has 0 aromatic carbocycles. The number of rotatable bonds is 17. The fourth-order valence-corrected chi connectivity index (χ4v) is 9.69. The highest BCUT2D eigenvalue weighted by molar-refractivity contribution is 9.09. The average Bonchev–Trinajstić information content (AvgIpc) is 2.55. The van der Waals surface area contributed by atoms with Crippen LogP contribution in [0.4, 0.5) is 0 Å². The number of unbranched alkanes of at least 4 members (excludes halogenated alkanes) is 3. The first-order valence-corrected chi connectivity index (χ1v) is 15.4. The maximum atomic E-state index is 2.39. The van der Waals surface area contributed by atoms with Gasteiger partial charge >= 0.3 is 0 Å². The lowest BCUT2D eigenvalue weighted by molar-refractivity contribution is 0.530. The van der Waals surface area contributed by atoms with Crippen molar-refractivity contribution in [1.29, 1.82) is 0 Å². The van der Waals surface area contributed by atoms with Crippen molar-refractivity contribution >= 4 is 63.2 Å². The van der Waals surface area contributed by atoms with E-state index in [0.29, 0.717) is 0 Å². The summed E-state index contributed by atoms with van der Waals surface area (Å²) < 4.78 is 4.78. The van der Waals surface area contributed by atoms with E-state index in [-0.39, 0.29) is 0 Å². The van der Waals surface area contributed by atoms with Crippen LogP contribution in [0.3, 0.4) is 0 Å². The minimum absolute atomic E-state index is 1.14. The van der Waals surface area contributed by atoms with Gasteiger partial charge in [0.2, 0.25) is 0 Å². The lowest BCUT2D eigenvalue weighted by Crippen LogP contribution is -2.11. The molecule has 0 saturated heterocycles. The van der Waals surface area contributed by atoms with Gasteiger partial charge in [0.25, 0.3) is 0 Å². The predicted molar refractivity (Wildman–Crippen MR) is 120 cm³/mol. The molecule has 0 unspecified atom stereocenters. The highest BCUT2D eigenvalue weighted by Crippen LogP contribution is 2.38. The van der Waals surface area contributed by atoms with E-state index in [4.69, 9.17) is 0 Å². The summed E-state index contributed by atoms with van der Waals surface area (Å²) in [6.45, 7) is 13.4. The van der Waals surface area contributed by atoms with Crippen LogP contribution in [0.25, 0.3) is 0 Å². The fraction of sp³-hybridized carbons (Fsp3) is 1.00. The van der Waals surface area contributed by atoms with Crippen molar-refractivity contribution in [2.75, 3.05) is 37.7 Å². The molecule has 0 rings (SSSR count). The summed E-state index contributed by atoms with van der Waals surface area (Å²) in [5, 5.41) is 0. The maximum Gasteiger partial charge on any atom is 0.00689 e. The Morgan fingerprint density at radius 1 is 0.545 bits per heavy atom. The quantitative estimate of drug-likeness (QED) is 0.138. The molecule has 0 aromatic rings. The van der Waals surface area contributed by atoms with Gasteiger partial charge in [0.15, 0.2) is 0 Å². The molecule has 0 amide bonds. The van der Waals surface area contributed by atoms with Gasteiger partial charge in [0.1, 0.15) is 0 Å². The van der Waals surface area contributed by atoms with Crippen molar-refractivity contribution in [2.45, 2.75) is 53.4 Å². The minimum atomic E-state index is 1.14. The van der Waals surface area contributed by atoms with Crippen molar-refractivity contribution in [3.05, 3.63) is 0 Å². The van der Waals surface area contributed by atoms with Gasteiger partial charge in [0, 0.05) is 59.6 Å². The molecule has 8 heteroatoms. The molecule has 0 radical (unpaired) electrons. The van der Waals surface area contributed by atoms with Crippen molar-refractivity contribution in [1.82, 2.24) is 8.61 Å². The second-order valence-electron chi connectivity index (χ2n) is 4.57. The highest BCUT2D eigenvalue weighted by Gasteiger charge is 2.01. The molecule has 0 heterocycles. The molecule has 0 aliphatic carbocycles. The number of hydrogen-bond donors (Lipinski definition) is 0. The fourth-order valence-electron chi connectivity index (χ4n) is 1.53. The Labute approximate surface area is 162 Å². The van der Waals surface area contributed by atoms with E-state index in [2.05, 4.69) is 36.3 Å². The van der Waals surface area contributed by atoms with E-state index in [1.807, 2.05) is 63.2 Å². The molecule has 22 heavy (non-hydrogen) atoms. The third kappa shape index (κ3) is 15.5. The molecule has 0 atom stereocenters. The third-order valence-electron chi connectivity index (χ3n) is 2.98. The van der Waals surface area contributed by atoms with Crippen LogP contribution in [0.15, 0.2) is 0 Å². The first-order chi connectivity index (χ1) is 10.8. The Morgan fingerprint density at radius 2 is 0.909 bits per heavy atom. The summed E-state index contributed by atoms with van der Waals surface area (Å²) >= 11 is 0. The largest absolute Gasteiger partial charge is 0.241 e. The van der Waals surface area contributed by atoms with Crippen LogP contribution < -0.4 is 0 Å². The monoisotopic (exact) mass is 420 g/mol. The zero-order valence-corrected chi connectivity index (χ0v) is 19.3. The molecule has 0 aliphatic heterocycles. The van der Waals surface area contributed by atoms with E-state index >= 15 is 0 Å². The van der Waals surface area contributed by atoms with E-state index in [9.17, 15) is 0 Å². The van der Waals surface area contributed by atoms with Crippen molar-refractivity contribution in [3.8, 4) is 0 Å². The molecule has 0 aliphatic rings. The van der Waals surface area contributed by atoms with Gasteiger partial charge in [-0.2, -0.15) is 0 Å². The second kappa shape index (κ2) is 19.3. The van der Waals surface area contributed by atoms with Gasteiger partial charge in [-0.25, -0.2) is 8.61 Å². The van der Waals surface area contributed by atoms with Crippen molar-refractivity contribution in [2.24, 2.45) is 0 Å². The smallest absolute Gasteiger partial charge is 0.00689 e. The zero-order chi connectivity index (χ0) is 16.5. The molecule has 2 nitrogen and oxygen atoms in total. The minimum Gasteiger partial charge on any atom is -0.241 e. The van der Waals surface area contributed by atoms with E-state index in [1.165, 1.54) is 37.2 Å². The standard InChI is InChI=1S/C14H32N2S6/c1-5-15(6-2)19-21-17-13-11-9-10-12-14-18-22-20-16(7-3)8-4/h5-14H2,1-4H3. The van der Waals surface area contributed by atoms with Crippen molar-refractivity contribution < 1.29 is 0 Å². The molecular weight excluding hydrogens is 389 g/mol. The molecule has 0 bridgehead atoms. The first-order valence-electron chi connectivity index (χ1n) is 8.20. The van der Waals surface area contributed by atoms with Gasteiger partial charge in [-0.1, -0.05) is 62.1 Å². The molecule has 0 aromatic heterocycles. The average molecular weight is 421 g/mol. The number of hydrogen-bond acceptors (Lipinski definition) is 8. The van der Waals surface area contributed by atoms with Gasteiger partial charge in [0.05, 0.1) is 0 Å². The van der Waals surface area contributed by atoms with Crippen molar-refractivity contribution in [3.63, 3.8) is 0 Å². The predicted octanol–water partition coefficient (Wildman–Crippen LogP) is 7.12. The lowest BCUT2D eigenvalue weighted by atomic mass is 10.2. The Hall–Kier alpha value is 2.02. The topological polar surface area (TPSA) is 6.48 Å². The molecule has 0 fully saturated rings. The zero-order valence-electron chi connectivity index (χ0n) is 14.4. The Morgan fingerprint density at radius 3 is 1.23 bits per heavy atom. The van der Waals surface area contributed by atoms with Gasteiger partial charge < -0.3 is 0 Å². The summed E-state index contributed by atoms with van der Waals surface area (Å²) in [7, 11) is 11.7. The van der Waals surface area contributed by atoms with Gasteiger partial charge in [-0.05, 0) is 32.5 Å². The summed E-state index contributed by atoms with van der Waals surface area (Å²) in [5.74, 6) is 2.58. The molecule has 0 saturated carbocycles. The highest BCUT2D eigenvalue weighted by atomic mass is 33.5. The molecule has 0 N–H and O–H groups in total. The van der Waals surface area contributed by atoms with E-state index in [1.54, 1.807) is 0 Å². The molecular formula is C14H32N2S6. The third-order valence-corrected chi connectivity index (χ3v) is 11.7. The Kier molecular flexibility index (Phi) is 21.1. The summed E-state index contributed by atoms with van der Waals surface area (Å²) in [6.07, 6.45) is 5.50. The second-order valence-corrected chi connectivity index (χ2v) is 13.0. The lowest BCUT2D eigenvalue weighted by Gasteiger charge is -2.14. The Bertz CT molecular complexity index is 194. The van der Waals surface area contributed by atoms with Crippen LogP contribution in [0, 0.1) is 0 Å². The SMILES string of the molecule is CCN(CC)SSSCCCCCCSSSN(CC)CC. The van der Waals surface area contributed by atoms with Crippen LogP contribution in [0.1, 0.15) is 53.4 Å². The summed E-state index contributed by atoms with van der Waals surface area (Å²) in [6, 6.07) is 0. The van der Waals surface area contributed by atoms with E-state index < -0.39 is 0 Å².